The van der Waals surface area contributed by atoms with E-state index in [-0.39, 0.29) is 29.3 Å². The molecular weight excluding hydrogens is 463 g/mol. The minimum absolute atomic E-state index is 0.0193. The van der Waals surface area contributed by atoms with E-state index in [1.165, 1.54) is 0 Å². The zero-order chi connectivity index (χ0) is 25.5. The largest absolute Gasteiger partial charge is 0.491 e. The van der Waals surface area contributed by atoms with Crippen LogP contribution >= 0.6 is 0 Å². The Labute approximate surface area is 209 Å². The molecule has 2 heterocycles. The van der Waals surface area contributed by atoms with Crippen molar-refractivity contribution < 1.29 is 18.7 Å². The number of pyridine rings is 2. The molecule has 9 nitrogen and oxygen atoms in total. The Hall–Kier alpha value is -3.76. The van der Waals surface area contributed by atoms with Crippen LogP contribution in [0.4, 0.5) is 21.7 Å². The smallest absolute Gasteiger partial charge is 0.252 e. The average molecular weight is 495 g/mol. The van der Waals surface area contributed by atoms with Crippen LogP contribution in [0.2, 0.25) is 0 Å². The number of ether oxygens (including phenoxy) is 2. The van der Waals surface area contributed by atoms with E-state index in [0.717, 1.165) is 42.9 Å². The fraction of sp³-hybridized carbons (Fsp3) is 0.346. The highest BCUT2D eigenvalue weighted by molar-refractivity contribution is 5.98. The Kier molecular flexibility index (Phi) is 8.29. The predicted molar refractivity (Wildman–Crippen MR) is 137 cm³/mol. The minimum atomic E-state index is -0.800. The summed E-state index contributed by atoms with van der Waals surface area (Å²) >= 11 is 0. The van der Waals surface area contributed by atoms with Crippen molar-refractivity contribution in [2.75, 3.05) is 31.0 Å². The lowest BCUT2D eigenvalue weighted by atomic mass is 9.91. The van der Waals surface area contributed by atoms with Gasteiger partial charge in [0, 0.05) is 36.5 Å². The van der Waals surface area contributed by atoms with E-state index in [2.05, 4.69) is 20.6 Å². The SMILES string of the molecule is COCCOc1ccccc1-c1cncc(Nc2nc(N[C@@H]3CCCC[C@@H]3N)c(F)cc2C(N)=O)c1. The number of carbonyl (C=O) groups excluding carboxylic acids is 1. The van der Waals surface area contributed by atoms with Crippen molar-refractivity contribution in [1.82, 2.24) is 9.97 Å². The van der Waals surface area contributed by atoms with Crippen molar-refractivity contribution >= 4 is 23.2 Å². The summed E-state index contributed by atoms with van der Waals surface area (Å²) in [5.74, 6) is -0.640. The molecule has 1 fully saturated rings. The molecule has 2 atom stereocenters. The first-order valence-electron chi connectivity index (χ1n) is 11.9. The molecule has 2 aromatic heterocycles. The second-order valence-corrected chi connectivity index (χ2v) is 8.70. The molecule has 0 aliphatic heterocycles. The van der Waals surface area contributed by atoms with Crippen molar-refractivity contribution in [2.45, 2.75) is 37.8 Å². The first-order valence-corrected chi connectivity index (χ1v) is 11.9. The first kappa shape index (κ1) is 25.3. The van der Waals surface area contributed by atoms with Gasteiger partial charge in [0.25, 0.3) is 5.91 Å². The van der Waals surface area contributed by atoms with Crippen molar-refractivity contribution in [2.24, 2.45) is 11.5 Å². The van der Waals surface area contributed by atoms with Crippen LogP contribution in [-0.4, -0.2) is 48.3 Å². The maximum Gasteiger partial charge on any atom is 0.252 e. The van der Waals surface area contributed by atoms with Gasteiger partial charge < -0.3 is 31.6 Å². The van der Waals surface area contributed by atoms with Gasteiger partial charge in [-0.3, -0.25) is 9.78 Å². The highest BCUT2D eigenvalue weighted by Crippen LogP contribution is 2.32. The zero-order valence-corrected chi connectivity index (χ0v) is 20.2. The second-order valence-electron chi connectivity index (χ2n) is 8.70. The van der Waals surface area contributed by atoms with Crippen LogP contribution in [0.5, 0.6) is 5.75 Å². The Bertz CT molecular complexity index is 1210. The quantitative estimate of drug-likeness (QED) is 0.312. The Morgan fingerprint density at radius 2 is 1.94 bits per heavy atom. The number of nitrogens with two attached hydrogens (primary N) is 2. The van der Waals surface area contributed by atoms with Crippen molar-refractivity contribution in [3.8, 4) is 16.9 Å². The molecule has 0 radical (unpaired) electrons. The monoisotopic (exact) mass is 494 g/mol. The predicted octanol–water partition coefficient (Wildman–Crippen LogP) is 3.83. The van der Waals surface area contributed by atoms with Gasteiger partial charge in [0.1, 0.15) is 18.2 Å². The number of primary amides is 1. The van der Waals surface area contributed by atoms with E-state index >= 15 is 0 Å². The van der Waals surface area contributed by atoms with Crippen LogP contribution in [0.1, 0.15) is 36.0 Å². The fourth-order valence-corrected chi connectivity index (χ4v) is 4.25. The van der Waals surface area contributed by atoms with Gasteiger partial charge in [-0.2, -0.15) is 0 Å². The summed E-state index contributed by atoms with van der Waals surface area (Å²) < 4.78 is 25.7. The molecular formula is C26H31FN6O3. The molecule has 1 aliphatic carbocycles. The van der Waals surface area contributed by atoms with Gasteiger partial charge in [0.15, 0.2) is 11.6 Å². The lowest BCUT2D eigenvalue weighted by molar-refractivity contribution is 0.100. The third kappa shape index (κ3) is 6.07. The third-order valence-corrected chi connectivity index (χ3v) is 6.13. The molecule has 3 aromatic rings. The van der Waals surface area contributed by atoms with Gasteiger partial charge in [-0.05, 0) is 31.0 Å². The van der Waals surface area contributed by atoms with E-state index in [9.17, 15) is 9.18 Å². The zero-order valence-electron chi connectivity index (χ0n) is 20.2. The minimum Gasteiger partial charge on any atom is -0.491 e. The number of halogens is 1. The number of benzene rings is 1. The molecule has 0 unspecified atom stereocenters. The molecule has 1 saturated carbocycles. The van der Waals surface area contributed by atoms with Gasteiger partial charge >= 0.3 is 0 Å². The number of nitrogens with one attached hydrogen (secondary N) is 2. The van der Waals surface area contributed by atoms with Crippen LogP contribution in [0.15, 0.2) is 48.8 Å². The number of rotatable bonds is 10. The summed E-state index contributed by atoms with van der Waals surface area (Å²) in [6.07, 6.45) is 7.02. The number of hydrogen-bond acceptors (Lipinski definition) is 8. The molecule has 0 saturated heterocycles. The number of methoxy groups -OCH3 is 1. The molecule has 1 amide bonds. The third-order valence-electron chi connectivity index (χ3n) is 6.13. The highest BCUT2D eigenvalue weighted by Gasteiger charge is 2.24. The van der Waals surface area contributed by atoms with E-state index in [1.807, 2.05) is 30.3 Å². The number of para-hydroxylation sites is 1. The van der Waals surface area contributed by atoms with Crippen molar-refractivity contribution in [1.29, 1.82) is 0 Å². The number of nitrogens with zero attached hydrogens (tertiary/aromatic N) is 2. The topological polar surface area (TPSA) is 137 Å². The number of carbonyl (C=O) groups is 1. The molecule has 6 N–H and O–H groups in total. The number of hydrogen-bond donors (Lipinski definition) is 4. The fourth-order valence-electron chi connectivity index (χ4n) is 4.25. The molecule has 190 valence electrons. The lowest BCUT2D eigenvalue weighted by Crippen LogP contribution is -2.43. The van der Waals surface area contributed by atoms with Gasteiger partial charge in [0.05, 0.1) is 24.1 Å². The Morgan fingerprint density at radius 1 is 1.14 bits per heavy atom. The maximum atomic E-state index is 14.8. The van der Waals surface area contributed by atoms with Crippen molar-refractivity contribution in [3.05, 3.63) is 60.2 Å². The number of aromatic nitrogens is 2. The number of amides is 1. The van der Waals surface area contributed by atoms with Gasteiger partial charge in [-0.1, -0.05) is 31.0 Å². The van der Waals surface area contributed by atoms with E-state index in [4.69, 9.17) is 20.9 Å². The standard InChI is InChI=1S/C26H31FN6O3/c1-35-10-11-36-23-9-5-2-6-18(23)16-12-17(15-30-14-16)31-25-19(24(29)34)13-20(27)26(33-25)32-22-8-4-3-7-21(22)28/h2,5-6,9,12-15,21-22H,3-4,7-8,10-11,28H2,1H3,(H2,29,34)(H2,31,32,33)/t21-,22+/m0/s1. The molecule has 1 aliphatic rings. The second kappa shape index (κ2) is 11.8. The van der Waals surface area contributed by atoms with Crippen LogP contribution in [0.3, 0.4) is 0 Å². The van der Waals surface area contributed by atoms with E-state index < -0.39 is 11.7 Å². The Balaban J connectivity index is 1.62. The van der Waals surface area contributed by atoms with Crippen LogP contribution in [0, 0.1) is 5.82 Å². The summed E-state index contributed by atoms with van der Waals surface area (Å²) in [4.78, 5) is 20.8. The van der Waals surface area contributed by atoms with Crippen LogP contribution in [-0.2, 0) is 4.74 Å². The molecule has 0 spiro atoms. The molecule has 0 bridgehead atoms. The summed E-state index contributed by atoms with van der Waals surface area (Å²) in [5, 5.41) is 6.19. The highest BCUT2D eigenvalue weighted by atomic mass is 19.1. The van der Waals surface area contributed by atoms with Gasteiger partial charge in [-0.25, -0.2) is 9.37 Å². The summed E-state index contributed by atoms with van der Waals surface area (Å²) in [5.41, 5.74) is 13.8. The van der Waals surface area contributed by atoms with E-state index in [1.54, 1.807) is 19.5 Å². The normalized spacial score (nSPS) is 17.4. The Morgan fingerprint density at radius 3 is 2.72 bits per heavy atom. The summed E-state index contributed by atoms with van der Waals surface area (Å²) in [6, 6.07) is 10.3. The van der Waals surface area contributed by atoms with E-state index in [0.29, 0.717) is 24.7 Å². The molecule has 36 heavy (non-hydrogen) atoms. The maximum absolute atomic E-state index is 14.8. The molecule has 1 aromatic carbocycles. The summed E-state index contributed by atoms with van der Waals surface area (Å²) in [7, 11) is 1.61. The van der Waals surface area contributed by atoms with Crippen LogP contribution < -0.4 is 26.8 Å². The van der Waals surface area contributed by atoms with Gasteiger partial charge in [0.2, 0.25) is 0 Å². The van der Waals surface area contributed by atoms with Crippen molar-refractivity contribution in [3.63, 3.8) is 0 Å². The summed E-state index contributed by atoms with van der Waals surface area (Å²) in [6.45, 7) is 0.864. The molecule has 10 heteroatoms. The van der Waals surface area contributed by atoms with Gasteiger partial charge in [-0.15, -0.1) is 0 Å². The lowest BCUT2D eigenvalue weighted by Gasteiger charge is -2.30. The molecule has 4 rings (SSSR count). The van der Waals surface area contributed by atoms with Crippen LogP contribution in [0.25, 0.3) is 11.1 Å². The number of anilines is 3. The average Bonchev–Trinajstić information content (AvgIpc) is 2.87. The first-order chi connectivity index (χ1) is 17.5.